The molecule has 6 nitrogen and oxygen atoms in total. The summed E-state index contributed by atoms with van der Waals surface area (Å²) >= 11 is 2.92. The van der Waals surface area contributed by atoms with Gasteiger partial charge >= 0.3 is 6.09 Å². The Hall–Kier alpha value is -1.70. The molecule has 1 heterocycles. The minimum absolute atomic E-state index is 0.00765. The smallest absolute Gasteiger partial charge is 0.407 e. The summed E-state index contributed by atoms with van der Waals surface area (Å²) in [5.41, 5.74) is -0.423. The maximum absolute atomic E-state index is 13.0. The van der Waals surface area contributed by atoms with Crippen LogP contribution >= 0.6 is 15.9 Å². The highest BCUT2D eigenvalue weighted by Gasteiger charge is 2.15. The third kappa shape index (κ3) is 6.84. The van der Waals surface area contributed by atoms with E-state index in [4.69, 9.17) is 4.74 Å². The van der Waals surface area contributed by atoms with E-state index in [-0.39, 0.29) is 10.3 Å². The summed E-state index contributed by atoms with van der Waals surface area (Å²) in [6.07, 6.45) is 0.0378. The Balaban J connectivity index is 2.25. The van der Waals surface area contributed by atoms with Crippen LogP contribution in [0.25, 0.3) is 0 Å². The molecule has 0 bridgehead atoms. The Morgan fingerprint density at radius 2 is 1.91 bits per heavy atom. The molecule has 0 aliphatic carbocycles. The SMILES string of the molecule is CC(C)(C)OC(=O)NCCCNC(=O)c1ccc(F)c(Br)n1. The predicted octanol–water partition coefficient (Wildman–Crippen LogP) is 2.63. The molecule has 0 aliphatic heterocycles. The monoisotopic (exact) mass is 375 g/mol. The van der Waals surface area contributed by atoms with Crippen molar-refractivity contribution in [3.63, 3.8) is 0 Å². The van der Waals surface area contributed by atoms with Gasteiger partial charge in [0.15, 0.2) is 5.82 Å². The van der Waals surface area contributed by atoms with Crippen molar-refractivity contribution >= 4 is 27.9 Å². The van der Waals surface area contributed by atoms with Crippen molar-refractivity contribution in [2.24, 2.45) is 0 Å². The molecule has 2 amide bonds. The second-order valence-electron chi connectivity index (χ2n) is 5.51. The highest BCUT2D eigenvalue weighted by molar-refractivity contribution is 9.10. The van der Waals surface area contributed by atoms with Gasteiger partial charge in [0.25, 0.3) is 5.91 Å². The van der Waals surface area contributed by atoms with E-state index in [0.29, 0.717) is 19.5 Å². The third-order valence-corrected chi connectivity index (χ3v) is 2.90. The number of amides is 2. The van der Waals surface area contributed by atoms with E-state index >= 15 is 0 Å². The summed E-state index contributed by atoms with van der Waals surface area (Å²) in [7, 11) is 0. The van der Waals surface area contributed by atoms with Gasteiger partial charge in [-0.15, -0.1) is 0 Å². The summed E-state index contributed by atoms with van der Waals surface area (Å²) < 4.78 is 18.1. The van der Waals surface area contributed by atoms with Gasteiger partial charge in [0.2, 0.25) is 0 Å². The fourth-order valence-corrected chi connectivity index (χ4v) is 1.75. The van der Waals surface area contributed by atoms with Crippen LogP contribution in [0.4, 0.5) is 9.18 Å². The predicted molar refractivity (Wildman–Crippen MR) is 83.1 cm³/mol. The van der Waals surface area contributed by atoms with Crippen LogP contribution in [0.3, 0.4) is 0 Å². The number of nitrogens with zero attached hydrogens (tertiary/aromatic N) is 1. The van der Waals surface area contributed by atoms with Crippen molar-refractivity contribution in [2.75, 3.05) is 13.1 Å². The number of rotatable bonds is 5. The number of hydrogen-bond donors (Lipinski definition) is 2. The van der Waals surface area contributed by atoms with E-state index in [9.17, 15) is 14.0 Å². The van der Waals surface area contributed by atoms with Gasteiger partial charge in [-0.2, -0.15) is 0 Å². The van der Waals surface area contributed by atoms with Gasteiger partial charge in [-0.25, -0.2) is 14.2 Å². The molecule has 22 heavy (non-hydrogen) atoms. The number of carbonyl (C=O) groups excluding carboxylic acids is 2. The van der Waals surface area contributed by atoms with Gasteiger partial charge in [0.05, 0.1) is 0 Å². The van der Waals surface area contributed by atoms with Gasteiger partial charge in [0, 0.05) is 13.1 Å². The molecule has 0 spiro atoms. The van der Waals surface area contributed by atoms with Crippen LogP contribution in [0.15, 0.2) is 16.7 Å². The summed E-state index contributed by atoms with van der Waals surface area (Å²) in [6.45, 7) is 6.06. The molecule has 0 saturated heterocycles. The van der Waals surface area contributed by atoms with E-state index < -0.39 is 23.4 Å². The lowest BCUT2D eigenvalue weighted by Gasteiger charge is -2.19. The number of hydrogen-bond acceptors (Lipinski definition) is 4. The summed E-state index contributed by atoms with van der Waals surface area (Å²) in [4.78, 5) is 26.9. The lowest BCUT2D eigenvalue weighted by Crippen LogP contribution is -2.34. The Morgan fingerprint density at radius 1 is 1.27 bits per heavy atom. The van der Waals surface area contributed by atoms with Crippen LogP contribution in [0.5, 0.6) is 0 Å². The molecule has 8 heteroatoms. The average Bonchev–Trinajstić information content (AvgIpc) is 2.39. The standard InChI is InChI=1S/C14H19BrFN3O3/c1-14(2,3)22-13(21)18-8-4-7-17-12(20)10-6-5-9(16)11(15)19-10/h5-6H,4,7-8H2,1-3H3,(H,17,20)(H,18,21). The first-order valence-electron chi connectivity index (χ1n) is 6.76. The molecule has 1 rings (SSSR count). The molecule has 0 saturated carbocycles. The topological polar surface area (TPSA) is 80.3 Å². The van der Waals surface area contributed by atoms with Crippen molar-refractivity contribution in [1.29, 1.82) is 0 Å². The zero-order valence-corrected chi connectivity index (χ0v) is 14.3. The number of pyridine rings is 1. The van der Waals surface area contributed by atoms with E-state index in [1.807, 2.05) is 0 Å². The second kappa shape index (κ2) is 8.07. The van der Waals surface area contributed by atoms with E-state index in [2.05, 4.69) is 31.5 Å². The molecule has 0 aromatic carbocycles. The molecular formula is C14H19BrFN3O3. The first-order chi connectivity index (χ1) is 10.2. The van der Waals surface area contributed by atoms with Crippen molar-refractivity contribution < 1.29 is 18.7 Å². The number of nitrogens with one attached hydrogen (secondary N) is 2. The van der Waals surface area contributed by atoms with Crippen LogP contribution < -0.4 is 10.6 Å². The largest absolute Gasteiger partial charge is 0.444 e. The van der Waals surface area contributed by atoms with Crippen LogP contribution in [-0.2, 0) is 4.74 Å². The van der Waals surface area contributed by atoms with Crippen LogP contribution in [0.1, 0.15) is 37.7 Å². The fraction of sp³-hybridized carbons (Fsp3) is 0.500. The molecule has 122 valence electrons. The molecular weight excluding hydrogens is 357 g/mol. The molecule has 0 atom stereocenters. The van der Waals surface area contributed by atoms with Crippen molar-refractivity contribution in [2.45, 2.75) is 32.8 Å². The van der Waals surface area contributed by atoms with Gasteiger partial charge in [-0.3, -0.25) is 4.79 Å². The number of aromatic nitrogens is 1. The molecule has 0 aliphatic rings. The Morgan fingerprint density at radius 3 is 2.50 bits per heavy atom. The quantitative estimate of drug-likeness (QED) is 0.612. The van der Waals surface area contributed by atoms with E-state index in [0.717, 1.165) is 6.07 Å². The van der Waals surface area contributed by atoms with E-state index in [1.54, 1.807) is 20.8 Å². The van der Waals surface area contributed by atoms with Gasteiger partial charge in [-0.05, 0) is 55.3 Å². The number of carbonyl (C=O) groups is 2. The number of ether oxygens (including phenoxy) is 1. The Labute approximate surface area is 137 Å². The summed E-state index contributed by atoms with van der Waals surface area (Å²) in [6, 6.07) is 2.46. The average molecular weight is 376 g/mol. The zero-order valence-electron chi connectivity index (χ0n) is 12.7. The molecule has 1 aromatic heterocycles. The third-order valence-electron chi connectivity index (χ3n) is 2.34. The van der Waals surface area contributed by atoms with Crippen molar-refractivity contribution in [3.8, 4) is 0 Å². The van der Waals surface area contributed by atoms with Crippen molar-refractivity contribution in [3.05, 3.63) is 28.2 Å². The van der Waals surface area contributed by atoms with E-state index in [1.165, 1.54) is 6.07 Å². The minimum atomic E-state index is -0.542. The number of halogens is 2. The van der Waals surface area contributed by atoms with Crippen LogP contribution in [-0.4, -0.2) is 35.7 Å². The second-order valence-corrected chi connectivity index (χ2v) is 6.26. The Bertz CT molecular complexity index is 547. The maximum Gasteiger partial charge on any atom is 0.407 e. The fourth-order valence-electron chi connectivity index (χ4n) is 1.43. The van der Waals surface area contributed by atoms with Gasteiger partial charge in [-0.1, -0.05) is 0 Å². The zero-order chi connectivity index (χ0) is 16.8. The first-order valence-corrected chi connectivity index (χ1v) is 7.55. The van der Waals surface area contributed by atoms with Crippen LogP contribution in [0.2, 0.25) is 0 Å². The lowest BCUT2D eigenvalue weighted by atomic mass is 10.2. The van der Waals surface area contributed by atoms with Gasteiger partial charge < -0.3 is 15.4 Å². The van der Waals surface area contributed by atoms with Crippen LogP contribution in [0, 0.1) is 5.82 Å². The molecule has 1 aromatic rings. The first kappa shape index (κ1) is 18.3. The molecule has 0 radical (unpaired) electrons. The highest BCUT2D eigenvalue weighted by atomic mass is 79.9. The molecule has 0 unspecified atom stereocenters. The molecule has 0 fully saturated rings. The number of alkyl carbamates (subject to hydrolysis) is 1. The lowest BCUT2D eigenvalue weighted by molar-refractivity contribution is 0.0527. The Kier molecular flexibility index (Phi) is 6.73. The normalized spacial score (nSPS) is 11.0. The van der Waals surface area contributed by atoms with Gasteiger partial charge in [0.1, 0.15) is 15.9 Å². The summed E-state index contributed by atoms with van der Waals surface area (Å²) in [5.74, 6) is -0.934. The minimum Gasteiger partial charge on any atom is -0.444 e. The summed E-state index contributed by atoms with van der Waals surface area (Å²) in [5, 5.41) is 5.21. The maximum atomic E-state index is 13.0. The molecule has 2 N–H and O–H groups in total. The highest BCUT2D eigenvalue weighted by Crippen LogP contribution is 2.12. The van der Waals surface area contributed by atoms with Crippen molar-refractivity contribution in [1.82, 2.24) is 15.6 Å².